The molecule has 2 aliphatic heterocycles. The molecule has 1 spiro atoms. The molecule has 0 saturated carbocycles. The van der Waals surface area contributed by atoms with Gasteiger partial charge in [-0.05, 0) is 37.0 Å². The summed E-state index contributed by atoms with van der Waals surface area (Å²) in [6, 6.07) is 12.9. The van der Waals surface area contributed by atoms with E-state index in [4.69, 9.17) is 9.47 Å². The first-order valence-corrected chi connectivity index (χ1v) is 9.63. The van der Waals surface area contributed by atoms with Gasteiger partial charge in [0, 0.05) is 38.4 Å². The Balaban J connectivity index is 1.24. The van der Waals surface area contributed by atoms with Gasteiger partial charge in [-0.15, -0.1) is 0 Å². The molecule has 0 amide bonds. The third kappa shape index (κ3) is 4.32. The maximum atomic E-state index is 6.23. The molecule has 26 heavy (non-hydrogen) atoms. The van der Waals surface area contributed by atoms with Crippen molar-refractivity contribution in [2.45, 2.75) is 51.0 Å². The Hall–Kier alpha value is -1.75. The summed E-state index contributed by atoms with van der Waals surface area (Å²) in [7, 11) is 0. The van der Waals surface area contributed by atoms with E-state index >= 15 is 0 Å². The number of ether oxygens (including phenoxy) is 2. The molecule has 1 atom stereocenters. The number of benzene rings is 1. The minimum absolute atomic E-state index is 0.0311. The lowest BCUT2D eigenvalue weighted by Crippen LogP contribution is -2.43. The lowest BCUT2D eigenvalue weighted by atomic mass is 9.88. The van der Waals surface area contributed by atoms with Gasteiger partial charge in [0.25, 0.3) is 0 Å². The van der Waals surface area contributed by atoms with Crippen LogP contribution < -0.4 is 0 Å². The highest BCUT2D eigenvalue weighted by Crippen LogP contribution is 2.37. The van der Waals surface area contributed by atoms with Gasteiger partial charge in [0.15, 0.2) is 0 Å². The van der Waals surface area contributed by atoms with Crippen molar-refractivity contribution in [2.24, 2.45) is 0 Å². The summed E-state index contributed by atoms with van der Waals surface area (Å²) < 4.78 is 12.3. The van der Waals surface area contributed by atoms with Crippen LogP contribution in [-0.2, 0) is 22.6 Å². The maximum Gasteiger partial charge on any atom is 0.0840 e. The van der Waals surface area contributed by atoms with Gasteiger partial charge in [-0.2, -0.15) is 0 Å². The fourth-order valence-electron chi connectivity index (χ4n) is 4.03. The smallest absolute Gasteiger partial charge is 0.0840 e. The zero-order valence-electron chi connectivity index (χ0n) is 15.6. The molecule has 1 aromatic heterocycles. The second kappa shape index (κ2) is 7.87. The first kappa shape index (κ1) is 17.7. The van der Waals surface area contributed by atoms with E-state index in [-0.39, 0.29) is 11.7 Å². The molecule has 2 saturated heterocycles. The van der Waals surface area contributed by atoms with E-state index in [1.54, 1.807) is 6.20 Å². The predicted octanol–water partition coefficient (Wildman–Crippen LogP) is 3.73. The van der Waals surface area contributed by atoms with Crippen molar-refractivity contribution in [3.8, 4) is 0 Å². The summed E-state index contributed by atoms with van der Waals surface area (Å²) in [6.07, 6.45) is 7.10. The summed E-state index contributed by atoms with van der Waals surface area (Å²) in [5, 5.41) is 0. The van der Waals surface area contributed by atoms with E-state index < -0.39 is 0 Å². The third-order valence-electron chi connectivity index (χ3n) is 5.68. The number of nitrogens with zero attached hydrogens (tertiary/aromatic N) is 2. The normalized spacial score (nSPS) is 22.7. The van der Waals surface area contributed by atoms with Crippen molar-refractivity contribution < 1.29 is 9.47 Å². The second-order valence-corrected chi connectivity index (χ2v) is 7.75. The second-order valence-electron chi connectivity index (χ2n) is 7.75. The summed E-state index contributed by atoms with van der Waals surface area (Å²) in [5.41, 5.74) is 3.88. The monoisotopic (exact) mass is 352 g/mol. The molecule has 2 fully saturated rings. The molecule has 0 bridgehead atoms. The SMILES string of the molecule is Cc1ccc(CN2CCC3(CC2)C[C@H](OCc2cccnc2)CO3)cc1. The molecule has 2 aliphatic rings. The molecule has 138 valence electrons. The topological polar surface area (TPSA) is 34.6 Å². The van der Waals surface area contributed by atoms with Crippen LogP contribution in [0.5, 0.6) is 0 Å². The van der Waals surface area contributed by atoms with Crippen molar-refractivity contribution in [2.75, 3.05) is 19.7 Å². The lowest BCUT2D eigenvalue weighted by Gasteiger charge is -2.38. The van der Waals surface area contributed by atoms with Gasteiger partial charge in [0.2, 0.25) is 0 Å². The highest BCUT2D eigenvalue weighted by Gasteiger charge is 2.43. The lowest BCUT2D eigenvalue weighted by molar-refractivity contribution is -0.0468. The molecule has 0 N–H and O–H groups in total. The quantitative estimate of drug-likeness (QED) is 0.821. The summed E-state index contributed by atoms with van der Waals surface area (Å²) >= 11 is 0. The molecule has 4 heteroatoms. The van der Waals surface area contributed by atoms with Crippen molar-refractivity contribution in [3.05, 3.63) is 65.5 Å². The van der Waals surface area contributed by atoms with Gasteiger partial charge in [0.1, 0.15) is 0 Å². The van der Waals surface area contributed by atoms with E-state index in [2.05, 4.69) is 47.1 Å². The van der Waals surface area contributed by atoms with Crippen molar-refractivity contribution in [3.63, 3.8) is 0 Å². The Kier molecular flexibility index (Phi) is 5.34. The predicted molar refractivity (Wildman–Crippen MR) is 102 cm³/mol. The van der Waals surface area contributed by atoms with Crippen LogP contribution in [0.2, 0.25) is 0 Å². The molecule has 2 aromatic rings. The number of pyridine rings is 1. The Morgan fingerprint density at radius 3 is 2.69 bits per heavy atom. The highest BCUT2D eigenvalue weighted by molar-refractivity contribution is 5.21. The van der Waals surface area contributed by atoms with E-state index in [0.717, 1.165) is 51.1 Å². The average Bonchev–Trinajstić information content (AvgIpc) is 3.08. The largest absolute Gasteiger partial charge is 0.372 e. The standard InChI is InChI=1S/C22H28N2O2/c1-18-4-6-19(7-5-18)15-24-11-8-22(9-12-24)13-21(17-26-22)25-16-20-3-2-10-23-14-20/h2-7,10,14,21H,8-9,11-13,15-17H2,1H3/t21-/m0/s1. The number of likely N-dealkylation sites (tertiary alicyclic amines) is 1. The number of aryl methyl sites for hydroxylation is 1. The summed E-state index contributed by atoms with van der Waals surface area (Å²) in [4.78, 5) is 6.69. The molecule has 0 unspecified atom stereocenters. The Labute approximate surface area is 156 Å². The maximum absolute atomic E-state index is 6.23. The fourth-order valence-corrected chi connectivity index (χ4v) is 4.03. The molecule has 0 aliphatic carbocycles. The van der Waals surface area contributed by atoms with Gasteiger partial charge in [-0.1, -0.05) is 35.9 Å². The van der Waals surface area contributed by atoms with Crippen LogP contribution in [0, 0.1) is 6.92 Å². The summed E-state index contributed by atoms with van der Waals surface area (Å²) in [6.45, 7) is 6.72. The number of rotatable bonds is 5. The third-order valence-corrected chi connectivity index (χ3v) is 5.68. The highest BCUT2D eigenvalue weighted by atomic mass is 16.6. The zero-order chi connectivity index (χ0) is 17.8. The van der Waals surface area contributed by atoms with Gasteiger partial charge >= 0.3 is 0 Å². The number of hydrogen-bond acceptors (Lipinski definition) is 4. The first-order valence-electron chi connectivity index (χ1n) is 9.63. The van der Waals surface area contributed by atoms with Crippen LogP contribution in [0.25, 0.3) is 0 Å². The van der Waals surface area contributed by atoms with Crippen LogP contribution in [0.15, 0.2) is 48.8 Å². The van der Waals surface area contributed by atoms with Gasteiger partial charge < -0.3 is 9.47 Å². The molecule has 1 aromatic carbocycles. The van der Waals surface area contributed by atoms with Gasteiger partial charge in [-0.25, -0.2) is 0 Å². The van der Waals surface area contributed by atoms with Crippen molar-refractivity contribution >= 4 is 0 Å². The zero-order valence-corrected chi connectivity index (χ0v) is 15.6. The fraction of sp³-hybridized carbons (Fsp3) is 0.500. The van der Waals surface area contributed by atoms with E-state index in [9.17, 15) is 0 Å². The first-order chi connectivity index (χ1) is 12.7. The molecular formula is C22H28N2O2. The molecule has 0 radical (unpaired) electrons. The average molecular weight is 352 g/mol. The summed E-state index contributed by atoms with van der Waals surface area (Å²) in [5.74, 6) is 0. The van der Waals surface area contributed by atoms with E-state index in [0.29, 0.717) is 6.61 Å². The van der Waals surface area contributed by atoms with Gasteiger partial charge in [0.05, 0.1) is 24.9 Å². The van der Waals surface area contributed by atoms with Crippen molar-refractivity contribution in [1.82, 2.24) is 9.88 Å². The van der Waals surface area contributed by atoms with Crippen LogP contribution >= 0.6 is 0 Å². The van der Waals surface area contributed by atoms with Crippen molar-refractivity contribution in [1.29, 1.82) is 0 Å². The molecule has 3 heterocycles. The minimum Gasteiger partial charge on any atom is -0.372 e. The van der Waals surface area contributed by atoms with Crippen LogP contribution in [0.1, 0.15) is 36.0 Å². The van der Waals surface area contributed by atoms with Crippen LogP contribution in [0.3, 0.4) is 0 Å². The Morgan fingerprint density at radius 1 is 1.15 bits per heavy atom. The molecule has 4 rings (SSSR count). The van der Waals surface area contributed by atoms with E-state index in [1.165, 1.54) is 11.1 Å². The number of piperidine rings is 1. The molecular weight excluding hydrogens is 324 g/mol. The van der Waals surface area contributed by atoms with E-state index in [1.807, 2.05) is 12.3 Å². The number of aromatic nitrogens is 1. The van der Waals surface area contributed by atoms with Crippen LogP contribution in [0.4, 0.5) is 0 Å². The Morgan fingerprint density at radius 2 is 1.96 bits per heavy atom. The van der Waals surface area contributed by atoms with Crippen LogP contribution in [-0.4, -0.2) is 41.3 Å². The minimum atomic E-state index is 0.0311. The number of hydrogen-bond donors (Lipinski definition) is 0. The van der Waals surface area contributed by atoms with Gasteiger partial charge in [-0.3, -0.25) is 9.88 Å². The molecule has 4 nitrogen and oxygen atoms in total. The Bertz CT molecular complexity index is 694.